The summed E-state index contributed by atoms with van der Waals surface area (Å²) in [4.78, 5) is 17.4. The zero-order valence-corrected chi connectivity index (χ0v) is 15.9. The van der Waals surface area contributed by atoms with Crippen molar-refractivity contribution in [1.82, 2.24) is 9.80 Å². The van der Waals surface area contributed by atoms with Crippen molar-refractivity contribution in [3.05, 3.63) is 33.1 Å². The van der Waals surface area contributed by atoms with E-state index in [1.807, 2.05) is 6.08 Å². The Kier molecular flexibility index (Phi) is 5.10. The van der Waals surface area contributed by atoms with Crippen molar-refractivity contribution in [3.8, 4) is 5.75 Å². The van der Waals surface area contributed by atoms with Gasteiger partial charge in [0.2, 0.25) is 0 Å². The molecule has 1 aromatic rings. The molecule has 1 aromatic carbocycles. The maximum atomic E-state index is 12.7. The summed E-state index contributed by atoms with van der Waals surface area (Å²) in [6.07, 6.45) is 3.75. The smallest absolute Gasteiger partial charge is 0.266 e. The Morgan fingerprint density at radius 1 is 1.39 bits per heavy atom. The van der Waals surface area contributed by atoms with Crippen molar-refractivity contribution >= 4 is 56.2 Å². The maximum absolute atomic E-state index is 12.7. The Morgan fingerprint density at radius 2 is 2.09 bits per heavy atom. The van der Waals surface area contributed by atoms with Gasteiger partial charge in [-0.3, -0.25) is 9.69 Å². The van der Waals surface area contributed by atoms with Crippen LogP contribution in [0.15, 0.2) is 27.6 Å². The van der Waals surface area contributed by atoms with Crippen LogP contribution in [0, 0.1) is 0 Å². The second-order valence-corrected chi connectivity index (χ2v) is 8.33. The molecule has 0 saturated carbocycles. The highest BCUT2D eigenvalue weighted by Crippen LogP contribution is 2.36. The normalized spacial score (nSPS) is 22.3. The Hall–Kier alpha value is -0.890. The predicted molar refractivity (Wildman–Crippen MR) is 101 cm³/mol. The molecule has 0 bridgehead atoms. The summed E-state index contributed by atoms with van der Waals surface area (Å²) in [5, 5.41) is 9.56. The number of piperidine rings is 1. The average Bonchev–Trinajstić information content (AvgIpc) is 2.79. The van der Waals surface area contributed by atoms with E-state index in [1.165, 1.54) is 11.8 Å². The lowest BCUT2D eigenvalue weighted by Gasteiger charge is -2.34. The first kappa shape index (κ1) is 17.0. The number of amides is 1. The fourth-order valence-corrected chi connectivity index (χ4v) is 4.61. The molecule has 2 aliphatic rings. The first-order valence-corrected chi connectivity index (χ1v) is 9.41. The van der Waals surface area contributed by atoms with Crippen molar-refractivity contribution in [3.63, 3.8) is 0 Å². The number of halogens is 1. The van der Waals surface area contributed by atoms with Gasteiger partial charge in [-0.1, -0.05) is 30.0 Å². The van der Waals surface area contributed by atoms with Crippen molar-refractivity contribution in [2.75, 3.05) is 20.1 Å². The van der Waals surface area contributed by atoms with Crippen molar-refractivity contribution in [2.45, 2.75) is 18.9 Å². The molecule has 2 aliphatic heterocycles. The molecule has 1 N–H and O–H groups in total. The highest BCUT2D eigenvalue weighted by molar-refractivity contribution is 9.10. The topological polar surface area (TPSA) is 43.8 Å². The highest BCUT2D eigenvalue weighted by Gasteiger charge is 2.37. The molecule has 0 radical (unpaired) electrons. The fourth-order valence-electron chi connectivity index (χ4n) is 2.81. The summed E-state index contributed by atoms with van der Waals surface area (Å²) in [5.41, 5.74) is 0.860. The summed E-state index contributed by atoms with van der Waals surface area (Å²) >= 11 is 10.1. The SMILES string of the molecule is CN1CCC(N2C(=O)/C(=C/c3ccc(O)c(Br)c3)SC2=S)CC1. The minimum absolute atomic E-state index is 0.00116. The van der Waals surface area contributed by atoms with E-state index in [-0.39, 0.29) is 17.7 Å². The molecule has 0 aromatic heterocycles. The van der Waals surface area contributed by atoms with Gasteiger partial charge in [0.1, 0.15) is 10.1 Å². The number of aromatic hydroxyl groups is 1. The Bertz CT molecular complexity index is 685. The fraction of sp³-hybridized carbons (Fsp3) is 0.375. The molecular weight excluding hydrogens is 396 g/mol. The first-order chi connectivity index (χ1) is 11.0. The number of hydrogen-bond donors (Lipinski definition) is 1. The molecule has 2 heterocycles. The van der Waals surface area contributed by atoms with E-state index in [4.69, 9.17) is 12.2 Å². The standard InChI is InChI=1S/C16H17BrN2O2S2/c1-18-6-4-11(5-7-18)19-15(21)14(23-16(19)22)9-10-2-3-13(20)12(17)8-10/h2-3,8-9,11,20H,4-7H2,1H3/b14-9-. The first-order valence-electron chi connectivity index (χ1n) is 7.40. The van der Waals surface area contributed by atoms with Crippen LogP contribution >= 0.6 is 39.9 Å². The molecule has 2 fully saturated rings. The number of rotatable bonds is 2. The quantitative estimate of drug-likeness (QED) is 0.595. The van der Waals surface area contributed by atoms with Gasteiger partial charge in [0, 0.05) is 6.04 Å². The minimum atomic E-state index is -0.00116. The molecule has 2 saturated heterocycles. The van der Waals surface area contributed by atoms with Crippen LogP contribution in [-0.2, 0) is 4.79 Å². The summed E-state index contributed by atoms with van der Waals surface area (Å²) in [6.45, 7) is 1.98. The number of likely N-dealkylation sites (tertiary alicyclic amines) is 1. The van der Waals surface area contributed by atoms with Crippen LogP contribution in [0.25, 0.3) is 6.08 Å². The number of carbonyl (C=O) groups is 1. The van der Waals surface area contributed by atoms with Gasteiger partial charge in [0.05, 0.1) is 9.38 Å². The predicted octanol–water partition coefficient (Wildman–Crippen LogP) is 3.45. The van der Waals surface area contributed by atoms with Crippen molar-refractivity contribution < 1.29 is 9.90 Å². The molecule has 1 amide bonds. The lowest BCUT2D eigenvalue weighted by Crippen LogP contribution is -2.45. The van der Waals surface area contributed by atoms with Gasteiger partial charge in [0.15, 0.2) is 0 Å². The molecule has 3 rings (SSSR count). The Labute approximate surface area is 153 Å². The van der Waals surface area contributed by atoms with Crippen molar-refractivity contribution in [1.29, 1.82) is 0 Å². The second-order valence-electron chi connectivity index (χ2n) is 5.80. The number of phenols is 1. The molecular formula is C16H17BrN2O2S2. The molecule has 0 atom stereocenters. The number of phenolic OH excluding ortho intramolecular Hbond substituents is 1. The van der Waals surface area contributed by atoms with Crippen LogP contribution in [-0.4, -0.2) is 51.3 Å². The van der Waals surface area contributed by atoms with Gasteiger partial charge in [-0.25, -0.2) is 0 Å². The van der Waals surface area contributed by atoms with Gasteiger partial charge in [-0.2, -0.15) is 0 Å². The molecule has 7 heteroatoms. The Balaban J connectivity index is 1.80. The largest absolute Gasteiger partial charge is 0.507 e. The zero-order valence-electron chi connectivity index (χ0n) is 12.7. The van der Waals surface area contributed by atoms with Crippen LogP contribution in [0.2, 0.25) is 0 Å². The van der Waals surface area contributed by atoms with Crippen LogP contribution in [0.4, 0.5) is 0 Å². The van der Waals surface area contributed by atoms with Crippen molar-refractivity contribution in [2.24, 2.45) is 0 Å². The summed E-state index contributed by atoms with van der Waals surface area (Å²) in [5.74, 6) is 0.180. The average molecular weight is 413 g/mol. The van der Waals surface area contributed by atoms with E-state index in [0.717, 1.165) is 31.5 Å². The molecule has 4 nitrogen and oxygen atoms in total. The lowest BCUT2D eigenvalue weighted by molar-refractivity contribution is -0.124. The van der Waals surface area contributed by atoms with Crippen LogP contribution in [0.1, 0.15) is 18.4 Å². The number of hydrogen-bond acceptors (Lipinski definition) is 5. The van der Waals surface area contributed by atoms with E-state index >= 15 is 0 Å². The summed E-state index contributed by atoms with van der Waals surface area (Å²) in [6, 6.07) is 5.38. The molecule has 23 heavy (non-hydrogen) atoms. The number of carbonyl (C=O) groups excluding carboxylic acids is 1. The van der Waals surface area contributed by atoms with Gasteiger partial charge in [0.25, 0.3) is 5.91 Å². The summed E-state index contributed by atoms with van der Waals surface area (Å²) < 4.78 is 1.26. The van der Waals surface area contributed by atoms with Crippen LogP contribution in [0.5, 0.6) is 5.75 Å². The number of benzene rings is 1. The molecule has 122 valence electrons. The second kappa shape index (κ2) is 6.93. The van der Waals surface area contributed by atoms with E-state index < -0.39 is 0 Å². The third kappa shape index (κ3) is 3.63. The number of nitrogens with zero attached hydrogens (tertiary/aromatic N) is 2. The zero-order chi connectivity index (χ0) is 16.6. The monoisotopic (exact) mass is 412 g/mol. The minimum Gasteiger partial charge on any atom is -0.507 e. The van der Waals surface area contributed by atoms with E-state index in [2.05, 4.69) is 27.9 Å². The summed E-state index contributed by atoms with van der Waals surface area (Å²) in [7, 11) is 2.10. The van der Waals surface area contributed by atoms with Crippen LogP contribution < -0.4 is 0 Å². The maximum Gasteiger partial charge on any atom is 0.266 e. The molecule has 0 unspecified atom stereocenters. The lowest BCUT2D eigenvalue weighted by atomic mass is 10.0. The van der Waals surface area contributed by atoms with E-state index in [1.54, 1.807) is 23.1 Å². The van der Waals surface area contributed by atoms with Gasteiger partial charge >= 0.3 is 0 Å². The molecule has 0 spiro atoms. The highest BCUT2D eigenvalue weighted by atomic mass is 79.9. The Morgan fingerprint density at radius 3 is 2.74 bits per heavy atom. The van der Waals surface area contributed by atoms with Gasteiger partial charge < -0.3 is 10.0 Å². The van der Waals surface area contributed by atoms with E-state index in [0.29, 0.717) is 13.7 Å². The van der Waals surface area contributed by atoms with Gasteiger partial charge in [-0.15, -0.1) is 0 Å². The third-order valence-electron chi connectivity index (χ3n) is 4.15. The third-order valence-corrected chi connectivity index (χ3v) is 6.11. The van der Waals surface area contributed by atoms with E-state index in [9.17, 15) is 9.90 Å². The molecule has 0 aliphatic carbocycles. The van der Waals surface area contributed by atoms with Crippen LogP contribution in [0.3, 0.4) is 0 Å². The number of thioether (sulfide) groups is 1. The number of thiocarbonyl (C=S) groups is 1. The van der Waals surface area contributed by atoms with Gasteiger partial charge in [-0.05, 0) is 72.7 Å².